The van der Waals surface area contributed by atoms with Gasteiger partial charge in [0.05, 0.1) is 6.42 Å². The van der Waals surface area contributed by atoms with Crippen molar-refractivity contribution in [3.63, 3.8) is 0 Å². The van der Waals surface area contributed by atoms with Crippen molar-refractivity contribution in [3.05, 3.63) is 53.5 Å². The van der Waals surface area contributed by atoms with Crippen molar-refractivity contribution < 1.29 is 4.79 Å². The van der Waals surface area contributed by atoms with Crippen LogP contribution in [0.2, 0.25) is 0 Å². The van der Waals surface area contributed by atoms with Crippen molar-refractivity contribution >= 4 is 22.8 Å². The molecule has 3 rings (SSSR count). The molecule has 0 atom stereocenters. The third-order valence-electron chi connectivity index (χ3n) is 3.26. The molecule has 0 aliphatic rings. The van der Waals surface area contributed by atoms with E-state index >= 15 is 0 Å². The first-order valence-corrected chi connectivity index (χ1v) is 6.79. The van der Waals surface area contributed by atoms with Crippen LogP contribution in [0.5, 0.6) is 0 Å². The summed E-state index contributed by atoms with van der Waals surface area (Å²) in [5.41, 5.74) is 3.67. The molecule has 2 aromatic heterocycles. The van der Waals surface area contributed by atoms with E-state index in [1.54, 1.807) is 0 Å². The Bertz CT molecular complexity index is 787. The number of benzene rings is 1. The van der Waals surface area contributed by atoms with Crippen LogP contribution in [0.3, 0.4) is 0 Å². The second-order valence-electron chi connectivity index (χ2n) is 5.06. The van der Waals surface area contributed by atoms with Gasteiger partial charge >= 0.3 is 0 Å². The molecule has 0 aliphatic heterocycles. The van der Waals surface area contributed by atoms with E-state index in [-0.39, 0.29) is 5.91 Å². The Morgan fingerprint density at radius 1 is 1.19 bits per heavy atom. The minimum Gasteiger partial charge on any atom is -0.361 e. The molecule has 0 radical (unpaired) electrons. The average Bonchev–Trinajstić information content (AvgIpc) is 2.81. The van der Waals surface area contributed by atoms with Gasteiger partial charge < -0.3 is 4.98 Å². The number of hydrogen-bond acceptors (Lipinski definition) is 3. The maximum atomic E-state index is 12.1. The molecule has 106 valence electrons. The number of hydrogen-bond donors (Lipinski definition) is 2. The highest BCUT2D eigenvalue weighted by molar-refractivity contribution is 5.94. The molecule has 0 bridgehead atoms. The minimum atomic E-state index is -0.121. The van der Waals surface area contributed by atoms with Gasteiger partial charge in [-0.05, 0) is 31.5 Å². The summed E-state index contributed by atoms with van der Waals surface area (Å²) in [4.78, 5) is 23.7. The fraction of sp³-hybridized carbons (Fsp3) is 0.188. The molecule has 0 unspecified atom stereocenters. The molecule has 5 nitrogen and oxygen atoms in total. The number of aromatic amines is 1. The maximum absolute atomic E-state index is 12.1. The molecule has 1 aromatic carbocycles. The largest absolute Gasteiger partial charge is 0.361 e. The Labute approximate surface area is 122 Å². The van der Waals surface area contributed by atoms with Crippen LogP contribution in [-0.4, -0.2) is 20.9 Å². The molecule has 1 amide bonds. The highest BCUT2D eigenvalue weighted by atomic mass is 16.1. The number of nitrogens with zero attached hydrogens (tertiary/aromatic N) is 2. The third-order valence-corrected chi connectivity index (χ3v) is 3.26. The summed E-state index contributed by atoms with van der Waals surface area (Å²) < 4.78 is 0. The molecule has 3 aromatic rings. The van der Waals surface area contributed by atoms with Gasteiger partial charge in [-0.25, -0.2) is 9.97 Å². The second-order valence-corrected chi connectivity index (χ2v) is 5.06. The van der Waals surface area contributed by atoms with E-state index in [0.29, 0.717) is 12.4 Å². The first-order valence-electron chi connectivity index (χ1n) is 6.79. The van der Waals surface area contributed by atoms with Crippen LogP contribution in [0, 0.1) is 13.8 Å². The quantitative estimate of drug-likeness (QED) is 0.775. The Balaban J connectivity index is 1.77. The average molecular weight is 280 g/mol. The van der Waals surface area contributed by atoms with Crippen LogP contribution in [0.15, 0.2) is 36.5 Å². The van der Waals surface area contributed by atoms with E-state index in [4.69, 9.17) is 0 Å². The molecule has 0 saturated carbocycles. The van der Waals surface area contributed by atoms with Crippen LogP contribution in [0.4, 0.5) is 5.95 Å². The molecule has 0 fully saturated rings. The van der Waals surface area contributed by atoms with Gasteiger partial charge in [0.2, 0.25) is 11.9 Å². The zero-order valence-corrected chi connectivity index (χ0v) is 12.0. The van der Waals surface area contributed by atoms with Crippen molar-refractivity contribution in [1.82, 2.24) is 15.0 Å². The molecule has 2 heterocycles. The zero-order valence-electron chi connectivity index (χ0n) is 12.0. The fourth-order valence-corrected chi connectivity index (χ4v) is 2.40. The number of fused-ring (bicyclic) bond motifs is 1. The lowest BCUT2D eigenvalue weighted by Crippen LogP contribution is -2.16. The number of H-pyrrole nitrogens is 1. The fourth-order valence-electron chi connectivity index (χ4n) is 2.40. The zero-order chi connectivity index (χ0) is 14.8. The third kappa shape index (κ3) is 2.91. The van der Waals surface area contributed by atoms with E-state index < -0.39 is 0 Å². The number of aryl methyl sites for hydroxylation is 2. The second kappa shape index (κ2) is 5.36. The first kappa shape index (κ1) is 13.3. The lowest BCUT2D eigenvalue weighted by molar-refractivity contribution is -0.115. The highest BCUT2D eigenvalue weighted by Gasteiger charge is 2.10. The van der Waals surface area contributed by atoms with E-state index in [2.05, 4.69) is 20.3 Å². The van der Waals surface area contributed by atoms with Crippen molar-refractivity contribution in [2.24, 2.45) is 0 Å². The summed E-state index contributed by atoms with van der Waals surface area (Å²) in [6.07, 6.45) is 2.16. The Morgan fingerprint density at radius 3 is 2.67 bits per heavy atom. The standard InChI is InChI=1S/C16H16N4O/c1-10-7-11(2)19-16(18-10)20-15(21)8-12-9-17-14-6-4-3-5-13(12)14/h3-7,9,17H,8H2,1-2H3,(H,18,19,20,21). The van der Waals surface area contributed by atoms with Gasteiger partial charge in [-0.1, -0.05) is 18.2 Å². The lowest BCUT2D eigenvalue weighted by Gasteiger charge is -2.05. The Hall–Kier alpha value is -2.69. The van der Waals surface area contributed by atoms with Gasteiger partial charge in [-0.3, -0.25) is 10.1 Å². The van der Waals surface area contributed by atoms with Gasteiger partial charge in [-0.15, -0.1) is 0 Å². The number of carbonyl (C=O) groups is 1. The summed E-state index contributed by atoms with van der Waals surface area (Å²) in [6, 6.07) is 9.79. The molecule has 0 spiro atoms. The molecule has 0 aliphatic carbocycles. The summed E-state index contributed by atoms with van der Waals surface area (Å²) >= 11 is 0. The molecule has 0 saturated heterocycles. The SMILES string of the molecule is Cc1cc(C)nc(NC(=O)Cc2c[nH]c3ccccc23)n1. The summed E-state index contributed by atoms with van der Waals surface area (Å²) in [5.74, 6) is 0.238. The van der Waals surface area contributed by atoms with E-state index in [1.807, 2.05) is 50.4 Å². The molecule has 2 N–H and O–H groups in total. The topological polar surface area (TPSA) is 70.7 Å². The normalized spacial score (nSPS) is 10.8. The predicted molar refractivity (Wildman–Crippen MR) is 82.1 cm³/mol. The smallest absolute Gasteiger partial charge is 0.231 e. The molecule has 21 heavy (non-hydrogen) atoms. The number of rotatable bonds is 3. The molecular formula is C16H16N4O. The number of nitrogens with one attached hydrogen (secondary N) is 2. The number of amides is 1. The summed E-state index contributed by atoms with van der Waals surface area (Å²) in [5, 5.41) is 3.82. The number of carbonyl (C=O) groups excluding carboxylic acids is 1. The van der Waals surface area contributed by atoms with Gasteiger partial charge in [0.15, 0.2) is 0 Å². The number of anilines is 1. The molecular weight excluding hydrogens is 264 g/mol. The predicted octanol–water partition coefficient (Wildman–Crippen LogP) is 2.76. The summed E-state index contributed by atoms with van der Waals surface area (Å²) in [6.45, 7) is 3.76. The van der Waals surface area contributed by atoms with Gasteiger partial charge in [0, 0.05) is 28.5 Å². The maximum Gasteiger partial charge on any atom is 0.231 e. The Kier molecular flexibility index (Phi) is 3.39. The van der Waals surface area contributed by atoms with Crippen LogP contribution >= 0.6 is 0 Å². The van der Waals surface area contributed by atoms with Gasteiger partial charge in [0.1, 0.15) is 0 Å². The molecule has 5 heteroatoms. The number of para-hydroxylation sites is 1. The van der Waals surface area contributed by atoms with Crippen LogP contribution in [0.1, 0.15) is 17.0 Å². The summed E-state index contributed by atoms with van der Waals surface area (Å²) in [7, 11) is 0. The van der Waals surface area contributed by atoms with E-state index in [9.17, 15) is 4.79 Å². The van der Waals surface area contributed by atoms with Crippen molar-refractivity contribution in [2.45, 2.75) is 20.3 Å². The van der Waals surface area contributed by atoms with Crippen LogP contribution in [0.25, 0.3) is 10.9 Å². The van der Waals surface area contributed by atoms with E-state index in [1.165, 1.54) is 0 Å². The highest BCUT2D eigenvalue weighted by Crippen LogP contribution is 2.18. The Morgan fingerprint density at radius 2 is 1.90 bits per heavy atom. The van der Waals surface area contributed by atoms with Gasteiger partial charge in [-0.2, -0.15) is 0 Å². The monoisotopic (exact) mass is 280 g/mol. The van der Waals surface area contributed by atoms with Crippen molar-refractivity contribution in [3.8, 4) is 0 Å². The van der Waals surface area contributed by atoms with Crippen LogP contribution < -0.4 is 5.32 Å². The van der Waals surface area contributed by atoms with Crippen LogP contribution in [-0.2, 0) is 11.2 Å². The number of aromatic nitrogens is 3. The van der Waals surface area contributed by atoms with Crippen molar-refractivity contribution in [1.29, 1.82) is 0 Å². The van der Waals surface area contributed by atoms with E-state index in [0.717, 1.165) is 27.9 Å². The van der Waals surface area contributed by atoms with Gasteiger partial charge in [0.25, 0.3) is 0 Å². The van der Waals surface area contributed by atoms with Crippen molar-refractivity contribution in [2.75, 3.05) is 5.32 Å². The lowest BCUT2D eigenvalue weighted by atomic mass is 10.1. The minimum absolute atomic E-state index is 0.121. The first-order chi connectivity index (χ1) is 10.1.